The minimum Gasteiger partial charge on any atom is -0.489 e. The lowest BCUT2D eigenvalue weighted by Crippen LogP contribution is -2.16. The second kappa shape index (κ2) is 11.6. The van der Waals surface area contributed by atoms with E-state index in [1.165, 1.54) is 0 Å². The molecule has 0 radical (unpaired) electrons. The van der Waals surface area contributed by atoms with Gasteiger partial charge in [0, 0.05) is 36.7 Å². The fourth-order valence-electron chi connectivity index (χ4n) is 4.42. The van der Waals surface area contributed by atoms with Crippen LogP contribution in [0.3, 0.4) is 0 Å². The van der Waals surface area contributed by atoms with Gasteiger partial charge >= 0.3 is 5.97 Å². The lowest BCUT2D eigenvalue weighted by molar-refractivity contribution is -0.137. The van der Waals surface area contributed by atoms with Crippen LogP contribution in [0.2, 0.25) is 0 Å². The van der Waals surface area contributed by atoms with Crippen molar-refractivity contribution in [3.63, 3.8) is 0 Å². The van der Waals surface area contributed by atoms with Crippen LogP contribution in [0.1, 0.15) is 63.0 Å². The van der Waals surface area contributed by atoms with Crippen LogP contribution in [-0.2, 0) is 16.0 Å². The number of aliphatic carboxylic acids is 1. The predicted molar refractivity (Wildman–Crippen MR) is 116 cm³/mol. The van der Waals surface area contributed by atoms with E-state index in [1.54, 1.807) is 0 Å². The molecule has 5 atom stereocenters. The van der Waals surface area contributed by atoms with Gasteiger partial charge < -0.3 is 19.7 Å². The van der Waals surface area contributed by atoms with Gasteiger partial charge in [-0.05, 0) is 37.7 Å². The van der Waals surface area contributed by atoms with Crippen LogP contribution in [0.4, 0.5) is 0 Å². The van der Waals surface area contributed by atoms with Crippen molar-refractivity contribution < 1.29 is 24.5 Å². The molecule has 1 aromatic carbocycles. The summed E-state index contributed by atoms with van der Waals surface area (Å²) in [6.45, 7) is 6.06. The summed E-state index contributed by atoms with van der Waals surface area (Å²) in [5.41, 5.74) is 2.24. The Morgan fingerprint density at radius 1 is 1.40 bits per heavy atom. The zero-order valence-corrected chi connectivity index (χ0v) is 17.8. The molecule has 1 saturated carbocycles. The van der Waals surface area contributed by atoms with Gasteiger partial charge in [-0.3, -0.25) is 4.79 Å². The monoisotopic (exact) mass is 412 g/mol. The molecule has 3 rings (SSSR count). The number of para-hydroxylation sites is 1. The normalized spacial score (nSPS) is 24.6. The van der Waals surface area contributed by atoms with Gasteiger partial charge in [-0.1, -0.05) is 37.3 Å². The molecule has 5 heteroatoms. The lowest BCUT2D eigenvalue weighted by atomic mass is 9.86. The number of fused-ring (bicyclic) bond motifs is 3. The molecule has 0 saturated heterocycles. The van der Waals surface area contributed by atoms with E-state index >= 15 is 0 Å². The average Bonchev–Trinajstić information content (AvgIpc) is 3.23. The van der Waals surface area contributed by atoms with Crippen molar-refractivity contribution in [3.8, 4) is 17.6 Å². The highest BCUT2D eigenvalue weighted by atomic mass is 16.5. The second-order valence-electron chi connectivity index (χ2n) is 8.05. The van der Waals surface area contributed by atoms with Crippen molar-refractivity contribution >= 4 is 12.8 Å². The number of aryl methyl sites for hydroxylation is 1. The number of carbonyl (C=O) groups is 2. The third kappa shape index (κ3) is 5.73. The molecule has 5 nitrogen and oxygen atoms in total. The molecule has 2 N–H and O–H groups in total. The molecule has 2 aliphatic rings. The highest BCUT2D eigenvalue weighted by Crippen LogP contribution is 2.52. The highest BCUT2D eigenvalue weighted by Gasteiger charge is 2.48. The predicted octanol–water partition coefficient (Wildman–Crippen LogP) is 4.13. The van der Waals surface area contributed by atoms with Gasteiger partial charge in [0.2, 0.25) is 0 Å². The molecule has 0 amide bonds. The Balaban J connectivity index is 0.00000155. The molecular formula is C25H32O5. The van der Waals surface area contributed by atoms with Gasteiger partial charge in [0.15, 0.2) is 0 Å². The summed E-state index contributed by atoms with van der Waals surface area (Å²) in [6, 6.07) is 6.15. The number of aliphatic hydroxyl groups excluding tert-OH is 1. The number of aliphatic hydroxyl groups is 1. The Bertz CT molecular complexity index is 803. The SMILES string of the molecule is C=O.CC#CC[C@H](C)C/C=C/[C@@H]1C(O)C[C@H]2Oc3c(CCCC(=O)O)cccc3[C@@H]12. The third-order valence-electron chi connectivity index (χ3n) is 5.85. The molecule has 30 heavy (non-hydrogen) atoms. The van der Waals surface area contributed by atoms with Crippen molar-refractivity contribution in [1.82, 2.24) is 0 Å². The summed E-state index contributed by atoms with van der Waals surface area (Å²) in [6.07, 6.45) is 7.94. The molecule has 1 unspecified atom stereocenters. The first-order valence-corrected chi connectivity index (χ1v) is 10.5. The number of ether oxygens (including phenoxy) is 1. The maximum Gasteiger partial charge on any atom is 0.303 e. The molecule has 0 bridgehead atoms. The lowest BCUT2D eigenvalue weighted by Gasteiger charge is -2.17. The number of carboxylic acids is 1. The first-order valence-electron chi connectivity index (χ1n) is 10.5. The van der Waals surface area contributed by atoms with Crippen LogP contribution in [0.15, 0.2) is 30.4 Å². The van der Waals surface area contributed by atoms with Gasteiger partial charge in [0.1, 0.15) is 18.6 Å². The van der Waals surface area contributed by atoms with Crippen molar-refractivity contribution in [2.24, 2.45) is 11.8 Å². The molecule has 1 fully saturated rings. The van der Waals surface area contributed by atoms with Crippen molar-refractivity contribution in [3.05, 3.63) is 41.5 Å². The van der Waals surface area contributed by atoms with Gasteiger partial charge in [0.05, 0.1) is 6.10 Å². The molecule has 162 valence electrons. The van der Waals surface area contributed by atoms with E-state index in [0.717, 1.165) is 29.7 Å². The number of hydrogen-bond donors (Lipinski definition) is 2. The van der Waals surface area contributed by atoms with Crippen molar-refractivity contribution in [1.29, 1.82) is 0 Å². The molecule has 1 aromatic rings. The van der Waals surface area contributed by atoms with Gasteiger partial charge in [-0.25, -0.2) is 0 Å². The molecule has 0 spiro atoms. The Kier molecular flexibility index (Phi) is 9.14. The van der Waals surface area contributed by atoms with E-state index in [0.29, 0.717) is 25.2 Å². The maximum atomic E-state index is 10.8. The zero-order valence-electron chi connectivity index (χ0n) is 17.8. The Morgan fingerprint density at radius 3 is 2.87 bits per heavy atom. The number of carboxylic acid groups (broad SMARTS) is 1. The average molecular weight is 413 g/mol. The number of hydrogen-bond acceptors (Lipinski definition) is 4. The highest BCUT2D eigenvalue weighted by molar-refractivity contribution is 5.66. The van der Waals surface area contributed by atoms with Crippen LogP contribution < -0.4 is 4.74 Å². The Labute approximate surface area is 179 Å². The number of benzene rings is 1. The van der Waals surface area contributed by atoms with Crippen LogP contribution in [0.5, 0.6) is 5.75 Å². The van der Waals surface area contributed by atoms with E-state index in [1.807, 2.05) is 25.8 Å². The van der Waals surface area contributed by atoms with Crippen molar-refractivity contribution in [2.75, 3.05) is 0 Å². The number of carbonyl (C=O) groups excluding carboxylic acids is 1. The van der Waals surface area contributed by atoms with Crippen LogP contribution in [0.25, 0.3) is 0 Å². The summed E-state index contributed by atoms with van der Waals surface area (Å²) in [7, 11) is 0. The topological polar surface area (TPSA) is 83.8 Å². The molecular weight excluding hydrogens is 380 g/mol. The third-order valence-corrected chi connectivity index (χ3v) is 5.85. The van der Waals surface area contributed by atoms with Crippen LogP contribution >= 0.6 is 0 Å². The van der Waals surface area contributed by atoms with E-state index < -0.39 is 5.97 Å². The largest absolute Gasteiger partial charge is 0.489 e. The van der Waals surface area contributed by atoms with E-state index in [2.05, 4.69) is 37.0 Å². The quantitative estimate of drug-likeness (QED) is 0.495. The second-order valence-corrected chi connectivity index (χ2v) is 8.05. The van der Waals surface area contributed by atoms with Crippen LogP contribution in [-0.4, -0.2) is 35.2 Å². The summed E-state index contributed by atoms with van der Waals surface area (Å²) in [5.74, 6) is 6.96. The zero-order chi connectivity index (χ0) is 22.1. The summed E-state index contributed by atoms with van der Waals surface area (Å²) in [4.78, 5) is 18.8. The smallest absolute Gasteiger partial charge is 0.303 e. The summed E-state index contributed by atoms with van der Waals surface area (Å²) >= 11 is 0. The maximum absolute atomic E-state index is 10.8. The van der Waals surface area contributed by atoms with E-state index in [-0.39, 0.29) is 30.5 Å². The molecule has 1 aliphatic carbocycles. The number of allylic oxidation sites excluding steroid dienone is 1. The van der Waals surface area contributed by atoms with Gasteiger partial charge in [0.25, 0.3) is 0 Å². The van der Waals surface area contributed by atoms with Crippen molar-refractivity contribution in [2.45, 2.75) is 70.5 Å². The Morgan fingerprint density at radius 2 is 2.17 bits per heavy atom. The fourth-order valence-corrected chi connectivity index (χ4v) is 4.42. The minimum absolute atomic E-state index is 0.00338. The summed E-state index contributed by atoms with van der Waals surface area (Å²) in [5, 5.41) is 19.5. The van der Waals surface area contributed by atoms with E-state index in [4.69, 9.17) is 14.6 Å². The van der Waals surface area contributed by atoms with Crippen LogP contribution in [0, 0.1) is 23.7 Å². The first kappa shape index (κ1) is 23.7. The van der Waals surface area contributed by atoms with E-state index in [9.17, 15) is 9.90 Å². The first-order chi connectivity index (χ1) is 14.5. The Hall–Kier alpha value is -2.58. The number of rotatable bonds is 8. The minimum atomic E-state index is -0.766. The van der Waals surface area contributed by atoms with Gasteiger partial charge in [-0.2, -0.15) is 0 Å². The molecule has 1 aliphatic heterocycles. The molecule has 0 aromatic heterocycles. The fraction of sp³-hybridized carbons (Fsp3) is 0.520. The summed E-state index contributed by atoms with van der Waals surface area (Å²) < 4.78 is 6.24. The van der Waals surface area contributed by atoms with Gasteiger partial charge in [-0.15, -0.1) is 11.8 Å². The standard InChI is InChI=1S/C24H30O4.CH2O/c1-3-4-8-16(2)9-5-12-18-20(25)15-21-23(18)19-13-6-10-17(24(19)28-21)11-7-14-22(26)27;1-2/h5-6,10,12-13,16,18,20-21,23,25H,7-9,11,14-15H2,1-2H3,(H,26,27);1H2/b12-5+;/t16-,18+,20?,21+,23+;/m0./s1. The molecule has 1 heterocycles.